The maximum absolute atomic E-state index is 4.27. The van der Waals surface area contributed by atoms with Crippen LogP contribution < -0.4 is 0 Å². The summed E-state index contributed by atoms with van der Waals surface area (Å²) in [6, 6.07) is 0. The first-order valence-electron chi connectivity index (χ1n) is 4.20. The van der Waals surface area contributed by atoms with Crippen molar-refractivity contribution >= 4 is 11.5 Å². The molecule has 0 N–H and O–H groups in total. The molecular formula is C9H9N4SW-. The number of hydrogen-bond donors (Lipinski definition) is 0. The molecule has 15 heavy (non-hydrogen) atoms. The summed E-state index contributed by atoms with van der Waals surface area (Å²) in [7, 11) is 0. The van der Waals surface area contributed by atoms with Crippen LogP contribution in [-0.2, 0) is 21.1 Å². The first kappa shape index (κ1) is 12.4. The molecule has 6 heteroatoms. The molecule has 0 amide bonds. The first-order chi connectivity index (χ1) is 6.68. The third-order valence-electron chi connectivity index (χ3n) is 2.02. The predicted octanol–water partition coefficient (Wildman–Crippen LogP) is 1.72. The van der Waals surface area contributed by atoms with Gasteiger partial charge in [0.25, 0.3) is 0 Å². The van der Waals surface area contributed by atoms with E-state index in [1.807, 2.05) is 20.8 Å². The molecule has 0 radical (unpaired) electrons. The Morgan fingerprint density at radius 2 is 1.93 bits per heavy atom. The van der Waals surface area contributed by atoms with E-state index in [9.17, 15) is 0 Å². The van der Waals surface area contributed by atoms with Crippen molar-refractivity contribution in [1.82, 2.24) is 19.6 Å². The minimum absolute atomic E-state index is 0. The van der Waals surface area contributed by atoms with Crippen LogP contribution in [0.1, 0.15) is 17.0 Å². The molecule has 4 nitrogen and oxygen atoms in total. The van der Waals surface area contributed by atoms with Crippen LogP contribution in [0.15, 0.2) is 0 Å². The zero-order chi connectivity index (χ0) is 10.1. The molecule has 0 unspecified atom stereocenters. The van der Waals surface area contributed by atoms with Crippen molar-refractivity contribution in [3.8, 4) is 10.7 Å². The van der Waals surface area contributed by atoms with Gasteiger partial charge in [-0.3, -0.25) is 5.10 Å². The molecule has 2 rings (SSSR count). The van der Waals surface area contributed by atoms with Gasteiger partial charge in [0.1, 0.15) is 10.8 Å². The second-order valence-corrected chi connectivity index (χ2v) is 3.81. The third kappa shape index (κ3) is 2.47. The zero-order valence-electron chi connectivity index (χ0n) is 8.61. The van der Waals surface area contributed by atoms with Crippen LogP contribution >= 0.6 is 11.5 Å². The van der Waals surface area contributed by atoms with Crippen LogP contribution in [-0.4, -0.2) is 19.6 Å². The van der Waals surface area contributed by atoms with Crippen molar-refractivity contribution in [2.45, 2.75) is 20.8 Å². The number of nitrogens with zero attached hydrogens (tertiary/aromatic N) is 4. The molecule has 2 heterocycles. The fourth-order valence-corrected chi connectivity index (χ4v) is 1.80. The van der Waals surface area contributed by atoms with Gasteiger partial charge in [-0.2, -0.15) is 20.6 Å². The Kier molecular flexibility index (Phi) is 4.05. The Labute approximate surface area is 107 Å². The van der Waals surface area contributed by atoms with Crippen LogP contribution in [0.2, 0.25) is 0 Å². The number of rotatable bonds is 1. The van der Waals surface area contributed by atoms with Crippen molar-refractivity contribution in [3.63, 3.8) is 0 Å². The van der Waals surface area contributed by atoms with Gasteiger partial charge < -0.3 is 0 Å². The van der Waals surface area contributed by atoms with Crippen molar-refractivity contribution in [2.24, 2.45) is 0 Å². The second-order valence-electron chi connectivity index (χ2n) is 3.06. The number of aromatic nitrogens is 4. The molecule has 78 valence electrons. The molecule has 0 bridgehead atoms. The van der Waals surface area contributed by atoms with Crippen LogP contribution in [0.5, 0.6) is 0 Å². The van der Waals surface area contributed by atoms with Crippen molar-refractivity contribution in [1.29, 1.82) is 0 Å². The quantitative estimate of drug-likeness (QED) is 0.698. The van der Waals surface area contributed by atoms with Gasteiger partial charge in [0.15, 0.2) is 0 Å². The first-order valence-corrected chi connectivity index (χ1v) is 4.98. The monoisotopic (exact) mass is 389 g/mol. The zero-order valence-corrected chi connectivity index (χ0v) is 12.4. The van der Waals surface area contributed by atoms with E-state index < -0.39 is 0 Å². The molecule has 0 saturated heterocycles. The average molecular weight is 389 g/mol. The second kappa shape index (κ2) is 4.90. The Hall–Kier alpha value is -0.672. The molecule has 0 aliphatic rings. The molecule has 2 aromatic rings. The van der Waals surface area contributed by atoms with Gasteiger partial charge in [0.05, 0.1) is 0 Å². The van der Waals surface area contributed by atoms with Crippen molar-refractivity contribution in [3.05, 3.63) is 23.1 Å². The Morgan fingerprint density at radius 1 is 1.20 bits per heavy atom. The minimum Gasteiger partial charge on any atom is -0.267 e. The van der Waals surface area contributed by atoms with E-state index >= 15 is 0 Å². The molecule has 0 aliphatic heterocycles. The van der Waals surface area contributed by atoms with Gasteiger partial charge in [0, 0.05) is 26.8 Å². The van der Waals surface area contributed by atoms with Gasteiger partial charge in [0.2, 0.25) is 0 Å². The molecule has 0 aliphatic carbocycles. The number of aryl methyl sites for hydroxylation is 2. The summed E-state index contributed by atoms with van der Waals surface area (Å²) in [5.74, 6) is 0.775. The largest absolute Gasteiger partial charge is 0.267 e. The normalized spacial score (nSPS) is 9.80. The SMILES string of the molecule is Cc1nsc(-c2nn[c-]c(C)c2C)n1.[W]. The van der Waals surface area contributed by atoms with Crippen LogP contribution in [0.25, 0.3) is 10.7 Å². The maximum atomic E-state index is 4.27. The Balaban J connectivity index is 0.00000112. The number of hydrogen-bond acceptors (Lipinski definition) is 5. The van der Waals surface area contributed by atoms with E-state index in [-0.39, 0.29) is 21.1 Å². The van der Waals surface area contributed by atoms with E-state index in [0.29, 0.717) is 0 Å². The molecule has 0 aromatic carbocycles. The minimum atomic E-state index is 0. The van der Waals surface area contributed by atoms with E-state index in [0.717, 1.165) is 27.7 Å². The smallest absolute Gasteiger partial charge is 0.146 e. The fraction of sp³-hybridized carbons (Fsp3) is 0.333. The van der Waals surface area contributed by atoms with Crippen molar-refractivity contribution < 1.29 is 21.1 Å². The summed E-state index contributed by atoms with van der Waals surface area (Å²) in [5.41, 5.74) is 2.88. The maximum Gasteiger partial charge on any atom is 0.146 e. The fourth-order valence-electron chi connectivity index (χ4n) is 1.08. The Bertz CT molecular complexity index is 469. The van der Waals surface area contributed by atoms with Crippen LogP contribution in [0, 0.1) is 27.0 Å². The summed E-state index contributed by atoms with van der Waals surface area (Å²) in [4.78, 5) is 4.27. The van der Waals surface area contributed by atoms with E-state index in [1.165, 1.54) is 11.5 Å². The summed E-state index contributed by atoms with van der Waals surface area (Å²) in [6.45, 7) is 5.82. The van der Waals surface area contributed by atoms with Gasteiger partial charge in [-0.1, -0.05) is 6.92 Å². The topological polar surface area (TPSA) is 51.6 Å². The molecular weight excluding hydrogens is 380 g/mol. The molecule has 2 aromatic heterocycles. The van der Waals surface area contributed by atoms with E-state index in [1.54, 1.807) is 0 Å². The van der Waals surface area contributed by atoms with Crippen molar-refractivity contribution in [2.75, 3.05) is 0 Å². The van der Waals surface area contributed by atoms with E-state index in [2.05, 4.69) is 25.8 Å². The van der Waals surface area contributed by atoms with Crippen LogP contribution in [0.4, 0.5) is 0 Å². The molecule has 0 atom stereocenters. The molecule has 0 spiro atoms. The molecule has 0 fully saturated rings. The van der Waals surface area contributed by atoms with Gasteiger partial charge in [-0.15, -0.1) is 13.1 Å². The molecule has 0 saturated carbocycles. The summed E-state index contributed by atoms with van der Waals surface area (Å²) >= 11 is 1.35. The summed E-state index contributed by atoms with van der Waals surface area (Å²) < 4.78 is 4.12. The standard InChI is InChI=1S/C9H9N4S.W/c1-5-4-10-12-8(6(5)2)9-11-7(3)13-14-9;/h1-3H3;/q-1;. The van der Waals surface area contributed by atoms with Gasteiger partial charge >= 0.3 is 0 Å². The Morgan fingerprint density at radius 3 is 2.53 bits per heavy atom. The third-order valence-corrected chi connectivity index (χ3v) is 2.83. The van der Waals surface area contributed by atoms with Crippen LogP contribution in [0.3, 0.4) is 0 Å². The predicted molar refractivity (Wildman–Crippen MR) is 54.0 cm³/mol. The van der Waals surface area contributed by atoms with Gasteiger partial charge in [-0.05, 0) is 18.5 Å². The van der Waals surface area contributed by atoms with E-state index in [4.69, 9.17) is 0 Å². The summed E-state index contributed by atoms with van der Waals surface area (Å²) in [5, 5.41) is 8.64. The van der Waals surface area contributed by atoms with Gasteiger partial charge in [-0.25, -0.2) is 4.98 Å². The summed E-state index contributed by atoms with van der Waals surface area (Å²) in [6.07, 6.45) is 2.81. The average Bonchev–Trinajstić information content (AvgIpc) is 2.57.